The number of halogens is 1. The lowest BCUT2D eigenvalue weighted by Crippen LogP contribution is -2.25. The van der Waals surface area contributed by atoms with E-state index in [1.807, 2.05) is 30.5 Å². The largest absolute Gasteiger partial charge is 0.497 e. The number of methoxy groups -OCH3 is 1. The summed E-state index contributed by atoms with van der Waals surface area (Å²) in [5, 5.41) is 7.56. The summed E-state index contributed by atoms with van der Waals surface area (Å²) in [4.78, 5) is 15.4. The second-order valence-corrected chi connectivity index (χ2v) is 6.31. The maximum absolute atomic E-state index is 13.4. The lowest BCUT2D eigenvalue weighted by atomic mass is 10.1. The molecule has 1 amide bonds. The van der Waals surface area contributed by atoms with E-state index in [1.54, 1.807) is 19.2 Å². The number of aromatic amines is 1. The van der Waals surface area contributed by atoms with Gasteiger partial charge in [0.2, 0.25) is 5.76 Å². The summed E-state index contributed by atoms with van der Waals surface area (Å²) in [6, 6.07) is 13.5. The fourth-order valence-corrected chi connectivity index (χ4v) is 3.04. The summed E-state index contributed by atoms with van der Waals surface area (Å²) in [7, 11) is 1.60. The molecule has 0 aliphatic rings. The molecule has 2 aromatic heterocycles. The molecule has 6 nitrogen and oxygen atoms in total. The fourth-order valence-electron chi connectivity index (χ4n) is 3.04. The Morgan fingerprint density at radius 2 is 2.04 bits per heavy atom. The molecule has 2 heterocycles. The Labute approximate surface area is 160 Å². The van der Waals surface area contributed by atoms with Crippen LogP contribution in [-0.4, -0.2) is 29.7 Å². The Hall–Kier alpha value is -3.61. The van der Waals surface area contributed by atoms with Gasteiger partial charge in [0, 0.05) is 35.3 Å². The van der Waals surface area contributed by atoms with Crippen molar-refractivity contribution in [3.8, 4) is 17.0 Å². The van der Waals surface area contributed by atoms with Crippen molar-refractivity contribution in [2.45, 2.75) is 6.42 Å². The summed E-state index contributed by atoms with van der Waals surface area (Å²) in [5.41, 5.74) is 3.19. The summed E-state index contributed by atoms with van der Waals surface area (Å²) < 4.78 is 23.7. The number of nitrogens with one attached hydrogen (secondary N) is 2. The minimum atomic E-state index is -0.349. The van der Waals surface area contributed by atoms with Crippen molar-refractivity contribution >= 4 is 16.8 Å². The first-order valence-electron chi connectivity index (χ1n) is 8.79. The summed E-state index contributed by atoms with van der Waals surface area (Å²) in [6.45, 7) is 0.390. The van der Waals surface area contributed by atoms with E-state index in [2.05, 4.69) is 15.5 Å². The standard InChI is InChI=1S/C21H18FN3O3/c1-27-16-5-2-13(3-6-16)19-11-20(28-25-19)21(26)23-9-8-14-12-24-18-7-4-15(22)10-17(14)18/h2-7,10-12,24H,8-9H2,1H3,(H,23,26). The van der Waals surface area contributed by atoms with Gasteiger partial charge >= 0.3 is 0 Å². The molecule has 4 rings (SSSR count). The molecule has 7 heteroatoms. The van der Waals surface area contributed by atoms with Crippen LogP contribution in [0.4, 0.5) is 4.39 Å². The van der Waals surface area contributed by atoms with Crippen molar-refractivity contribution in [1.82, 2.24) is 15.5 Å². The summed E-state index contributed by atoms with van der Waals surface area (Å²) >= 11 is 0. The number of carbonyl (C=O) groups is 1. The van der Waals surface area contributed by atoms with Crippen LogP contribution in [0.5, 0.6) is 5.75 Å². The van der Waals surface area contributed by atoms with Gasteiger partial charge in [0.1, 0.15) is 17.3 Å². The highest BCUT2D eigenvalue weighted by Crippen LogP contribution is 2.22. The number of nitrogens with zero attached hydrogens (tertiary/aromatic N) is 1. The summed E-state index contributed by atoms with van der Waals surface area (Å²) in [5.74, 6) is 0.238. The smallest absolute Gasteiger partial charge is 0.289 e. The zero-order chi connectivity index (χ0) is 19.5. The van der Waals surface area contributed by atoms with Crippen molar-refractivity contribution in [3.63, 3.8) is 0 Å². The predicted molar refractivity (Wildman–Crippen MR) is 103 cm³/mol. The highest BCUT2D eigenvalue weighted by molar-refractivity contribution is 5.92. The van der Waals surface area contributed by atoms with Gasteiger partial charge in [-0.2, -0.15) is 0 Å². The highest BCUT2D eigenvalue weighted by atomic mass is 19.1. The average Bonchev–Trinajstić information content (AvgIpc) is 3.36. The van der Waals surface area contributed by atoms with Gasteiger partial charge in [0.25, 0.3) is 5.91 Å². The van der Waals surface area contributed by atoms with Crippen LogP contribution in [0.3, 0.4) is 0 Å². The maximum Gasteiger partial charge on any atom is 0.289 e. The van der Waals surface area contributed by atoms with Gasteiger partial charge in [0.15, 0.2) is 0 Å². The predicted octanol–water partition coefficient (Wildman–Crippen LogP) is 3.94. The first-order valence-corrected chi connectivity index (χ1v) is 8.79. The zero-order valence-electron chi connectivity index (χ0n) is 15.2. The molecule has 0 saturated carbocycles. The third-order valence-electron chi connectivity index (χ3n) is 4.53. The van der Waals surface area contributed by atoms with Crippen molar-refractivity contribution < 1.29 is 18.4 Å². The summed E-state index contributed by atoms with van der Waals surface area (Å²) in [6.07, 6.45) is 2.39. The van der Waals surface area contributed by atoms with Gasteiger partial charge in [-0.1, -0.05) is 5.16 Å². The third kappa shape index (κ3) is 3.59. The number of H-pyrrole nitrogens is 1. The molecule has 0 unspecified atom stereocenters. The molecule has 142 valence electrons. The average molecular weight is 379 g/mol. The molecule has 28 heavy (non-hydrogen) atoms. The Balaban J connectivity index is 1.38. The number of hydrogen-bond acceptors (Lipinski definition) is 4. The number of amides is 1. The Bertz CT molecular complexity index is 1120. The first-order chi connectivity index (χ1) is 13.6. The van der Waals surface area contributed by atoms with Crippen molar-refractivity contribution in [2.75, 3.05) is 13.7 Å². The molecular formula is C21H18FN3O3. The van der Waals surface area contributed by atoms with E-state index in [0.29, 0.717) is 18.7 Å². The van der Waals surface area contributed by atoms with Gasteiger partial charge in [-0.25, -0.2) is 4.39 Å². The molecule has 0 atom stereocenters. The Kier molecular flexibility index (Phi) is 4.80. The van der Waals surface area contributed by atoms with Gasteiger partial charge in [-0.3, -0.25) is 4.79 Å². The van der Waals surface area contributed by atoms with Crippen LogP contribution in [0.1, 0.15) is 16.1 Å². The van der Waals surface area contributed by atoms with E-state index >= 15 is 0 Å². The van der Waals surface area contributed by atoms with Crippen molar-refractivity contribution in [1.29, 1.82) is 0 Å². The van der Waals surface area contributed by atoms with E-state index in [0.717, 1.165) is 27.8 Å². The number of fused-ring (bicyclic) bond motifs is 1. The minimum absolute atomic E-state index is 0.135. The van der Waals surface area contributed by atoms with Crippen LogP contribution in [0.15, 0.2) is 59.3 Å². The number of hydrogen-bond donors (Lipinski definition) is 2. The molecule has 2 aromatic carbocycles. The monoisotopic (exact) mass is 379 g/mol. The zero-order valence-corrected chi connectivity index (χ0v) is 15.2. The molecular weight excluding hydrogens is 361 g/mol. The second-order valence-electron chi connectivity index (χ2n) is 6.31. The Morgan fingerprint density at radius 1 is 1.21 bits per heavy atom. The van der Waals surface area contributed by atoms with E-state index < -0.39 is 0 Å². The lowest BCUT2D eigenvalue weighted by Gasteiger charge is -2.02. The molecule has 0 fully saturated rings. The van der Waals surface area contributed by atoms with E-state index in [-0.39, 0.29) is 17.5 Å². The fraction of sp³-hybridized carbons (Fsp3) is 0.143. The quantitative estimate of drug-likeness (QED) is 0.532. The third-order valence-corrected chi connectivity index (χ3v) is 4.53. The molecule has 0 aliphatic heterocycles. The van der Waals surface area contributed by atoms with E-state index in [1.165, 1.54) is 12.1 Å². The van der Waals surface area contributed by atoms with E-state index in [9.17, 15) is 9.18 Å². The molecule has 0 bridgehead atoms. The number of rotatable bonds is 6. The number of carbonyl (C=O) groups excluding carboxylic acids is 1. The highest BCUT2D eigenvalue weighted by Gasteiger charge is 2.14. The topological polar surface area (TPSA) is 80.1 Å². The number of ether oxygens (including phenoxy) is 1. The van der Waals surface area contributed by atoms with Crippen molar-refractivity contribution in [3.05, 3.63) is 71.9 Å². The molecule has 0 radical (unpaired) electrons. The lowest BCUT2D eigenvalue weighted by molar-refractivity contribution is 0.0917. The van der Waals surface area contributed by atoms with Crippen LogP contribution in [0.2, 0.25) is 0 Å². The van der Waals surface area contributed by atoms with Gasteiger partial charge in [-0.15, -0.1) is 0 Å². The molecule has 0 aliphatic carbocycles. The van der Waals surface area contributed by atoms with Crippen molar-refractivity contribution in [2.24, 2.45) is 0 Å². The molecule has 0 saturated heterocycles. The molecule has 0 spiro atoms. The van der Waals surface area contributed by atoms with Crippen LogP contribution in [-0.2, 0) is 6.42 Å². The number of aromatic nitrogens is 2. The normalized spacial score (nSPS) is 10.9. The molecule has 2 N–H and O–H groups in total. The Morgan fingerprint density at radius 3 is 2.82 bits per heavy atom. The number of benzene rings is 2. The van der Waals surface area contributed by atoms with Crippen LogP contribution in [0.25, 0.3) is 22.2 Å². The first kappa shape index (κ1) is 17.8. The molecule has 4 aromatic rings. The van der Waals surface area contributed by atoms with E-state index in [4.69, 9.17) is 9.26 Å². The van der Waals surface area contributed by atoms with Crippen LogP contribution >= 0.6 is 0 Å². The van der Waals surface area contributed by atoms with Gasteiger partial charge in [-0.05, 0) is 54.4 Å². The SMILES string of the molecule is COc1ccc(-c2cc(C(=O)NCCc3c[nH]c4ccc(F)cc34)on2)cc1. The van der Waals surface area contributed by atoms with Crippen LogP contribution < -0.4 is 10.1 Å². The second kappa shape index (κ2) is 7.56. The van der Waals surface area contributed by atoms with Crippen LogP contribution in [0, 0.1) is 5.82 Å². The van der Waals surface area contributed by atoms with Gasteiger partial charge < -0.3 is 19.6 Å². The maximum atomic E-state index is 13.4. The van der Waals surface area contributed by atoms with Gasteiger partial charge in [0.05, 0.1) is 7.11 Å². The minimum Gasteiger partial charge on any atom is -0.497 e.